The van der Waals surface area contributed by atoms with Crippen LogP contribution in [0.1, 0.15) is 45.7 Å². The summed E-state index contributed by atoms with van der Waals surface area (Å²) in [6.07, 6.45) is 2.40. The van der Waals surface area contributed by atoms with Crippen LogP contribution in [0.5, 0.6) is 0 Å². The number of rotatable bonds is 1. The average Bonchev–Trinajstić information content (AvgIpc) is 2.07. The van der Waals surface area contributed by atoms with Crippen molar-refractivity contribution in [1.82, 2.24) is 0 Å². The van der Waals surface area contributed by atoms with Gasteiger partial charge in [0, 0.05) is 0 Å². The van der Waals surface area contributed by atoms with E-state index >= 15 is 0 Å². The van der Waals surface area contributed by atoms with Crippen molar-refractivity contribution in [2.75, 3.05) is 0 Å². The van der Waals surface area contributed by atoms with E-state index < -0.39 is 0 Å². The summed E-state index contributed by atoms with van der Waals surface area (Å²) in [5, 5.41) is 0. The number of hydrogen-bond acceptors (Lipinski definition) is 0. The molecule has 1 rings (SSSR count). The molecule has 1 aromatic rings. The van der Waals surface area contributed by atoms with Gasteiger partial charge < -0.3 is 0 Å². The second-order valence-electron chi connectivity index (χ2n) is 2.99. The summed E-state index contributed by atoms with van der Waals surface area (Å²) in [5.41, 5.74) is 2.86. The zero-order chi connectivity index (χ0) is 9.40. The fourth-order valence-electron chi connectivity index (χ4n) is 1.01. The maximum Gasteiger partial charge on any atom is -0.0305 e. The molecular weight excluding hydrogens is 156 g/mol. The van der Waals surface area contributed by atoms with Crippen LogP contribution < -0.4 is 0 Å². The van der Waals surface area contributed by atoms with Gasteiger partial charge in [-0.25, -0.2) is 0 Å². The van der Waals surface area contributed by atoms with Crippen molar-refractivity contribution in [2.45, 2.75) is 48.0 Å². The molecule has 0 saturated heterocycles. The first-order valence-electron chi connectivity index (χ1n) is 4.80. The van der Waals surface area contributed by atoms with Crippen LogP contribution in [0.15, 0.2) is 24.3 Å². The molecule has 0 spiro atoms. The molecule has 0 aliphatic rings. The van der Waals surface area contributed by atoms with E-state index in [4.69, 9.17) is 0 Å². The summed E-state index contributed by atoms with van der Waals surface area (Å²) in [6.45, 7) is 8.58. The second kappa shape index (κ2) is 9.31. The lowest BCUT2D eigenvalue weighted by Gasteiger charge is -1.98. The van der Waals surface area contributed by atoms with Gasteiger partial charge in [0.2, 0.25) is 0 Å². The Labute approximate surface area is 84.0 Å². The van der Waals surface area contributed by atoms with E-state index in [1.807, 2.05) is 0 Å². The van der Waals surface area contributed by atoms with Crippen LogP contribution in [0, 0.1) is 6.92 Å². The molecule has 0 aliphatic heterocycles. The highest BCUT2D eigenvalue weighted by Gasteiger charge is 1.89. The molecule has 76 valence electrons. The quantitative estimate of drug-likeness (QED) is 0.592. The first kappa shape index (κ1) is 14.7. The molecular formula is C13H24. The van der Waals surface area contributed by atoms with Crippen molar-refractivity contribution in [3.05, 3.63) is 35.4 Å². The van der Waals surface area contributed by atoms with Gasteiger partial charge in [-0.3, -0.25) is 0 Å². The Morgan fingerprint density at radius 2 is 1.46 bits per heavy atom. The Morgan fingerprint density at radius 3 is 1.77 bits per heavy atom. The van der Waals surface area contributed by atoms with Gasteiger partial charge in [-0.05, 0) is 24.5 Å². The molecule has 0 aliphatic carbocycles. The summed E-state index contributed by atoms with van der Waals surface area (Å²) in [7, 11) is 0. The predicted octanol–water partition coefficient (Wildman–Crippen LogP) is 4.61. The van der Waals surface area contributed by atoms with E-state index in [-0.39, 0.29) is 7.43 Å². The zero-order valence-electron chi connectivity index (χ0n) is 8.72. The summed E-state index contributed by atoms with van der Waals surface area (Å²) in [6, 6.07) is 8.49. The maximum atomic E-state index is 2.18. The van der Waals surface area contributed by atoms with Gasteiger partial charge in [-0.2, -0.15) is 0 Å². The van der Waals surface area contributed by atoms with E-state index in [9.17, 15) is 0 Å². The fourth-order valence-corrected chi connectivity index (χ4v) is 1.01. The number of benzene rings is 1. The van der Waals surface area contributed by atoms with E-state index in [0.717, 1.165) is 6.42 Å². The Balaban J connectivity index is 0. The Bertz CT molecular complexity index is 201. The number of aryl methyl sites for hydroxylation is 2. The third-order valence-corrected chi connectivity index (χ3v) is 1.64. The molecule has 0 nitrogen and oxygen atoms in total. The Hall–Kier alpha value is -0.780. The van der Waals surface area contributed by atoms with Crippen LogP contribution in [-0.2, 0) is 6.42 Å². The molecule has 0 N–H and O–H groups in total. The largest absolute Gasteiger partial charge is 0.0776 e. The standard InChI is InChI=1S/C9H12.C3H8.CH4/c1-3-9-7-5-4-6-8(9)2;1-3-2;/h4-7H,3H2,1-2H3;3H2,1-2H3;1H4. The van der Waals surface area contributed by atoms with E-state index in [2.05, 4.69) is 52.0 Å². The molecule has 0 atom stereocenters. The van der Waals surface area contributed by atoms with Crippen LogP contribution in [0.2, 0.25) is 0 Å². The molecule has 0 fully saturated rings. The van der Waals surface area contributed by atoms with Crippen LogP contribution in [0.4, 0.5) is 0 Å². The second-order valence-corrected chi connectivity index (χ2v) is 2.99. The average molecular weight is 180 g/mol. The van der Waals surface area contributed by atoms with Gasteiger partial charge >= 0.3 is 0 Å². The molecule has 0 aromatic heterocycles. The van der Waals surface area contributed by atoms with E-state index in [0.29, 0.717) is 0 Å². The van der Waals surface area contributed by atoms with E-state index in [1.165, 1.54) is 17.5 Å². The van der Waals surface area contributed by atoms with Crippen LogP contribution in [0.25, 0.3) is 0 Å². The molecule has 0 radical (unpaired) electrons. The lowest BCUT2D eigenvalue weighted by atomic mass is 10.1. The third-order valence-electron chi connectivity index (χ3n) is 1.64. The lowest BCUT2D eigenvalue weighted by Crippen LogP contribution is -1.82. The first-order chi connectivity index (χ1) is 5.76. The highest BCUT2D eigenvalue weighted by Crippen LogP contribution is 2.06. The summed E-state index contributed by atoms with van der Waals surface area (Å²) < 4.78 is 0. The first-order valence-corrected chi connectivity index (χ1v) is 4.80. The van der Waals surface area contributed by atoms with Crippen LogP contribution in [-0.4, -0.2) is 0 Å². The highest BCUT2D eigenvalue weighted by molar-refractivity contribution is 5.24. The van der Waals surface area contributed by atoms with Gasteiger partial charge in [-0.15, -0.1) is 0 Å². The molecule has 0 heterocycles. The number of hydrogen-bond donors (Lipinski definition) is 0. The summed E-state index contributed by atoms with van der Waals surface area (Å²) in [5.74, 6) is 0. The normalized spacial score (nSPS) is 8.00. The highest BCUT2D eigenvalue weighted by atomic mass is 13.9. The molecule has 13 heavy (non-hydrogen) atoms. The molecule has 1 aromatic carbocycles. The molecule has 0 saturated carbocycles. The molecule has 0 unspecified atom stereocenters. The SMILES string of the molecule is C.CCC.CCc1ccccc1C. The van der Waals surface area contributed by atoms with E-state index in [1.54, 1.807) is 0 Å². The van der Waals surface area contributed by atoms with Crippen molar-refractivity contribution in [2.24, 2.45) is 0 Å². The van der Waals surface area contributed by atoms with Gasteiger partial charge in [-0.1, -0.05) is 58.9 Å². The lowest BCUT2D eigenvalue weighted by molar-refractivity contribution is 1.09. The summed E-state index contributed by atoms with van der Waals surface area (Å²) >= 11 is 0. The monoisotopic (exact) mass is 180 g/mol. The minimum Gasteiger partial charge on any atom is -0.0776 e. The van der Waals surface area contributed by atoms with Gasteiger partial charge in [0.25, 0.3) is 0 Å². The summed E-state index contributed by atoms with van der Waals surface area (Å²) in [4.78, 5) is 0. The Kier molecular flexibility index (Phi) is 10.5. The van der Waals surface area contributed by atoms with Gasteiger partial charge in [0.15, 0.2) is 0 Å². The predicted molar refractivity (Wildman–Crippen MR) is 63.3 cm³/mol. The molecule has 0 bridgehead atoms. The van der Waals surface area contributed by atoms with Gasteiger partial charge in [0.1, 0.15) is 0 Å². The third kappa shape index (κ3) is 6.39. The zero-order valence-corrected chi connectivity index (χ0v) is 8.72. The van der Waals surface area contributed by atoms with Crippen molar-refractivity contribution in [3.63, 3.8) is 0 Å². The van der Waals surface area contributed by atoms with Gasteiger partial charge in [0.05, 0.1) is 0 Å². The molecule has 0 heteroatoms. The minimum absolute atomic E-state index is 0. The van der Waals surface area contributed by atoms with Crippen LogP contribution >= 0.6 is 0 Å². The fraction of sp³-hybridized carbons (Fsp3) is 0.538. The molecule has 0 amide bonds. The van der Waals surface area contributed by atoms with Crippen molar-refractivity contribution < 1.29 is 0 Å². The minimum atomic E-state index is 0. The maximum absolute atomic E-state index is 2.18. The smallest absolute Gasteiger partial charge is 0.0305 e. The topological polar surface area (TPSA) is 0 Å². The Morgan fingerprint density at radius 1 is 1.00 bits per heavy atom. The van der Waals surface area contributed by atoms with Crippen LogP contribution in [0.3, 0.4) is 0 Å². The van der Waals surface area contributed by atoms with Crippen molar-refractivity contribution >= 4 is 0 Å². The van der Waals surface area contributed by atoms with Crippen molar-refractivity contribution in [3.8, 4) is 0 Å². The van der Waals surface area contributed by atoms with Crippen molar-refractivity contribution in [1.29, 1.82) is 0 Å².